The molecule has 0 bridgehead atoms. The van der Waals surface area contributed by atoms with Crippen LogP contribution in [0.25, 0.3) is 0 Å². The number of nitrogens with one attached hydrogen (secondary N) is 1. The molecule has 1 saturated carbocycles. The summed E-state index contributed by atoms with van der Waals surface area (Å²) >= 11 is 0. The summed E-state index contributed by atoms with van der Waals surface area (Å²) in [5.41, 5.74) is 2.84. The number of rotatable bonds is 3. The van der Waals surface area contributed by atoms with E-state index in [-0.39, 0.29) is 0 Å². The Balaban J connectivity index is 1.64. The first kappa shape index (κ1) is 13.2. The third kappa shape index (κ3) is 3.21. The standard InChI is InChI=1S/C17H28N2/c1-2-13-9-10-15-16(11-13)19-17(18-15)12-14-7-5-3-4-6-8-14/h13-14H,2-12H2,1H3,(H,18,19). The molecule has 0 saturated heterocycles. The van der Waals surface area contributed by atoms with E-state index in [9.17, 15) is 0 Å². The summed E-state index contributed by atoms with van der Waals surface area (Å²) in [6.07, 6.45) is 14.9. The number of imidazole rings is 1. The Morgan fingerprint density at radius 1 is 1.05 bits per heavy atom. The van der Waals surface area contributed by atoms with Crippen molar-refractivity contribution in [2.45, 2.75) is 77.6 Å². The lowest BCUT2D eigenvalue weighted by Gasteiger charge is -2.19. The van der Waals surface area contributed by atoms with Gasteiger partial charge in [0.15, 0.2) is 0 Å². The molecule has 106 valence electrons. The molecular weight excluding hydrogens is 232 g/mol. The van der Waals surface area contributed by atoms with Crippen molar-refractivity contribution in [1.82, 2.24) is 9.97 Å². The third-order valence-electron chi connectivity index (χ3n) is 5.23. The Hall–Kier alpha value is -0.790. The van der Waals surface area contributed by atoms with Gasteiger partial charge in [-0.3, -0.25) is 0 Å². The molecule has 0 spiro atoms. The minimum absolute atomic E-state index is 0.886. The SMILES string of the molecule is CCC1CCc2nc(CC3CCCCCC3)[nH]c2C1. The summed E-state index contributed by atoms with van der Waals surface area (Å²) in [4.78, 5) is 8.54. The van der Waals surface area contributed by atoms with Gasteiger partial charge in [0.05, 0.1) is 5.69 Å². The van der Waals surface area contributed by atoms with Crippen LogP contribution in [0, 0.1) is 11.8 Å². The maximum Gasteiger partial charge on any atom is 0.106 e. The molecule has 0 aliphatic heterocycles. The summed E-state index contributed by atoms with van der Waals surface area (Å²) in [7, 11) is 0. The topological polar surface area (TPSA) is 28.7 Å². The molecule has 3 rings (SSSR count). The molecule has 1 N–H and O–H groups in total. The maximum atomic E-state index is 4.89. The second kappa shape index (κ2) is 6.11. The zero-order valence-electron chi connectivity index (χ0n) is 12.4. The van der Waals surface area contributed by atoms with Crippen molar-refractivity contribution in [1.29, 1.82) is 0 Å². The van der Waals surface area contributed by atoms with Crippen molar-refractivity contribution in [2.75, 3.05) is 0 Å². The van der Waals surface area contributed by atoms with Crippen molar-refractivity contribution in [3.05, 3.63) is 17.2 Å². The van der Waals surface area contributed by atoms with E-state index in [2.05, 4.69) is 11.9 Å². The molecule has 0 amide bonds. The van der Waals surface area contributed by atoms with Crippen LogP contribution in [0.1, 0.15) is 75.5 Å². The van der Waals surface area contributed by atoms with Crippen LogP contribution in [0.3, 0.4) is 0 Å². The lowest BCUT2D eigenvalue weighted by Crippen LogP contribution is -2.12. The first-order valence-electron chi connectivity index (χ1n) is 8.41. The Kier molecular flexibility index (Phi) is 4.24. The number of aryl methyl sites for hydroxylation is 1. The van der Waals surface area contributed by atoms with E-state index < -0.39 is 0 Å². The third-order valence-corrected chi connectivity index (χ3v) is 5.23. The summed E-state index contributed by atoms with van der Waals surface area (Å²) < 4.78 is 0. The van der Waals surface area contributed by atoms with Crippen LogP contribution in [0.4, 0.5) is 0 Å². The van der Waals surface area contributed by atoms with Crippen molar-refractivity contribution >= 4 is 0 Å². The first-order chi connectivity index (χ1) is 9.35. The molecule has 0 radical (unpaired) electrons. The molecule has 1 heterocycles. The zero-order chi connectivity index (χ0) is 13.1. The van der Waals surface area contributed by atoms with E-state index >= 15 is 0 Å². The molecule has 19 heavy (non-hydrogen) atoms. The van der Waals surface area contributed by atoms with Crippen molar-refractivity contribution in [2.24, 2.45) is 11.8 Å². The van der Waals surface area contributed by atoms with E-state index in [0.717, 1.165) is 11.8 Å². The van der Waals surface area contributed by atoms with Crippen LogP contribution in [0.2, 0.25) is 0 Å². The zero-order valence-corrected chi connectivity index (χ0v) is 12.4. The minimum atomic E-state index is 0.886. The van der Waals surface area contributed by atoms with Crippen LogP contribution in [0.5, 0.6) is 0 Å². The molecular formula is C17H28N2. The predicted molar refractivity (Wildman–Crippen MR) is 79.3 cm³/mol. The van der Waals surface area contributed by atoms with Gasteiger partial charge in [0.1, 0.15) is 5.82 Å². The molecule has 1 atom stereocenters. The van der Waals surface area contributed by atoms with Crippen molar-refractivity contribution in [3.8, 4) is 0 Å². The Labute approximate surface area is 117 Å². The van der Waals surface area contributed by atoms with Crippen LogP contribution < -0.4 is 0 Å². The highest BCUT2D eigenvalue weighted by Crippen LogP contribution is 2.29. The fourth-order valence-electron chi connectivity index (χ4n) is 3.90. The number of aromatic amines is 1. The van der Waals surface area contributed by atoms with Crippen LogP contribution in [-0.2, 0) is 19.3 Å². The minimum Gasteiger partial charge on any atom is -0.346 e. The fourth-order valence-corrected chi connectivity index (χ4v) is 3.90. The lowest BCUT2D eigenvalue weighted by molar-refractivity contribution is 0.437. The second-order valence-electron chi connectivity index (χ2n) is 6.69. The quantitative estimate of drug-likeness (QED) is 0.800. The number of aromatic nitrogens is 2. The number of nitrogens with zero attached hydrogens (tertiary/aromatic N) is 1. The molecule has 1 aromatic heterocycles. The van der Waals surface area contributed by atoms with Crippen LogP contribution in [-0.4, -0.2) is 9.97 Å². The number of H-pyrrole nitrogens is 1. The normalized spacial score (nSPS) is 25.0. The van der Waals surface area contributed by atoms with Gasteiger partial charge < -0.3 is 4.98 Å². The molecule has 2 aliphatic rings. The van der Waals surface area contributed by atoms with E-state index in [0.29, 0.717) is 0 Å². The Bertz CT molecular complexity index is 399. The summed E-state index contributed by atoms with van der Waals surface area (Å²) in [5, 5.41) is 0. The van der Waals surface area contributed by atoms with Gasteiger partial charge in [0.2, 0.25) is 0 Å². The number of hydrogen-bond donors (Lipinski definition) is 1. The first-order valence-corrected chi connectivity index (χ1v) is 8.41. The van der Waals surface area contributed by atoms with Gasteiger partial charge in [-0.15, -0.1) is 0 Å². The summed E-state index contributed by atoms with van der Waals surface area (Å²) in [6, 6.07) is 0. The summed E-state index contributed by atoms with van der Waals surface area (Å²) in [6.45, 7) is 2.32. The van der Waals surface area contributed by atoms with Gasteiger partial charge >= 0.3 is 0 Å². The number of fused-ring (bicyclic) bond motifs is 1. The van der Waals surface area contributed by atoms with E-state index in [1.54, 1.807) is 0 Å². The fraction of sp³-hybridized carbons (Fsp3) is 0.824. The van der Waals surface area contributed by atoms with E-state index in [1.807, 2.05) is 0 Å². The van der Waals surface area contributed by atoms with Gasteiger partial charge in [-0.2, -0.15) is 0 Å². The highest BCUT2D eigenvalue weighted by molar-refractivity contribution is 5.19. The Morgan fingerprint density at radius 3 is 2.58 bits per heavy atom. The molecule has 1 unspecified atom stereocenters. The van der Waals surface area contributed by atoms with E-state index in [4.69, 9.17) is 4.98 Å². The smallest absolute Gasteiger partial charge is 0.106 e. The highest BCUT2D eigenvalue weighted by atomic mass is 14.9. The second-order valence-corrected chi connectivity index (χ2v) is 6.69. The van der Waals surface area contributed by atoms with Gasteiger partial charge in [-0.05, 0) is 31.1 Å². The van der Waals surface area contributed by atoms with Gasteiger partial charge in [-0.25, -0.2) is 4.98 Å². The van der Waals surface area contributed by atoms with Gasteiger partial charge in [0, 0.05) is 12.1 Å². The number of hydrogen-bond acceptors (Lipinski definition) is 1. The Morgan fingerprint density at radius 2 is 1.84 bits per heavy atom. The molecule has 1 aromatic rings. The van der Waals surface area contributed by atoms with E-state index in [1.165, 1.54) is 87.8 Å². The van der Waals surface area contributed by atoms with Crippen molar-refractivity contribution in [3.63, 3.8) is 0 Å². The van der Waals surface area contributed by atoms with Crippen LogP contribution in [0.15, 0.2) is 0 Å². The monoisotopic (exact) mass is 260 g/mol. The molecule has 2 aliphatic carbocycles. The maximum absolute atomic E-state index is 4.89. The molecule has 2 heteroatoms. The van der Waals surface area contributed by atoms with Gasteiger partial charge in [-0.1, -0.05) is 51.9 Å². The average molecular weight is 260 g/mol. The van der Waals surface area contributed by atoms with Crippen molar-refractivity contribution < 1.29 is 0 Å². The summed E-state index contributed by atoms with van der Waals surface area (Å²) in [5.74, 6) is 3.06. The van der Waals surface area contributed by atoms with Gasteiger partial charge in [0.25, 0.3) is 0 Å². The lowest BCUT2D eigenvalue weighted by atomic mass is 9.88. The molecule has 2 nitrogen and oxygen atoms in total. The largest absolute Gasteiger partial charge is 0.346 e. The molecule has 0 aromatic carbocycles. The molecule has 1 fully saturated rings. The highest BCUT2D eigenvalue weighted by Gasteiger charge is 2.22. The average Bonchev–Trinajstić information content (AvgIpc) is 2.64. The predicted octanol–water partition coefficient (Wildman–Crippen LogP) is 4.44. The van der Waals surface area contributed by atoms with Crippen LogP contribution >= 0.6 is 0 Å².